The summed E-state index contributed by atoms with van der Waals surface area (Å²) in [5.74, 6) is 2.25. The van der Waals surface area contributed by atoms with Gasteiger partial charge in [-0.2, -0.15) is 0 Å². The van der Waals surface area contributed by atoms with E-state index in [4.69, 9.17) is 0 Å². The molecule has 128 valence electrons. The summed E-state index contributed by atoms with van der Waals surface area (Å²) in [6.45, 7) is 3.96. The van der Waals surface area contributed by atoms with E-state index in [1.807, 2.05) is 51.4 Å². The smallest absolute Gasteiger partial charge is 0.136 e. The van der Waals surface area contributed by atoms with E-state index in [1.165, 1.54) is 5.56 Å². The lowest BCUT2D eigenvalue weighted by molar-refractivity contribution is 1.06. The zero-order chi connectivity index (χ0) is 17.8. The Balaban J connectivity index is 1.79. The number of aromatic nitrogens is 2. The van der Waals surface area contributed by atoms with Crippen LogP contribution >= 0.6 is 0 Å². The minimum absolute atomic E-state index is 0.713. The maximum atomic E-state index is 4.47. The highest BCUT2D eigenvalue weighted by atomic mass is 15.1. The van der Waals surface area contributed by atoms with Gasteiger partial charge in [-0.05, 0) is 55.8 Å². The summed E-state index contributed by atoms with van der Waals surface area (Å²) in [4.78, 5) is 11.0. The Bertz CT molecular complexity index is 856. The topological polar surface area (TPSA) is 53.1 Å². The number of nitrogens with zero attached hydrogens (tertiary/aromatic N) is 3. The molecule has 1 heterocycles. The lowest BCUT2D eigenvalue weighted by Gasteiger charge is -2.14. The number of anilines is 5. The Morgan fingerprint density at radius 1 is 0.760 bits per heavy atom. The molecule has 0 unspecified atom stereocenters. The van der Waals surface area contributed by atoms with Crippen LogP contribution in [-0.2, 0) is 0 Å². The fourth-order valence-corrected chi connectivity index (χ4v) is 2.56. The number of hydrogen-bond donors (Lipinski definition) is 2. The molecule has 0 aliphatic carbocycles. The van der Waals surface area contributed by atoms with Crippen LogP contribution in [0.4, 0.5) is 28.7 Å². The number of aryl methyl sites for hydroxylation is 2. The molecule has 0 aliphatic rings. The van der Waals surface area contributed by atoms with Crippen molar-refractivity contribution in [3.63, 3.8) is 0 Å². The van der Waals surface area contributed by atoms with Crippen LogP contribution in [0, 0.1) is 13.8 Å². The molecule has 0 spiro atoms. The molecule has 25 heavy (non-hydrogen) atoms. The Labute approximate surface area is 148 Å². The Hall–Kier alpha value is -3.08. The van der Waals surface area contributed by atoms with Crippen molar-refractivity contribution >= 4 is 28.7 Å². The van der Waals surface area contributed by atoms with Gasteiger partial charge < -0.3 is 15.5 Å². The second kappa shape index (κ2) is 7.21. The van der Waals surface area contributed by atoms with Gasteiger partial charge in [0.25, 0.3) is 0 Å². The molecule has 0 radical (unpaired) electrons. The van der Waals surface area contributed by atoms with Gasteiger partial charge in [0.05, 0.1) is 0 Å². The summed E-state index contributed by atoms with van der Waals surface area (Å²) in [6.07, 6.45) is 0. The van der Waals surface area contributed by atoms with Gasteiger partial charge in [-0.25, -0.2) is 9.97 Å². The van der Waals surface area contributed by atoms with Gasteiger partial charge in [0.2, 0.25) is 0 Å². The molecule has 0 atom stereocenters. The summed E-state index contributed by atoms with van der Waals surface area (Å²) in [6, 6.07) is 18.3. The molecule has 0 amide bonds. The minimum atomic E-state index is 0.713. The Morgan fingerprint density at radius 2 is 1.40 bits per heavy atom. The van der Waals surface area contributed by atoms with Crippen LogP contribution in [0.15, 0.2) is 54.6 Å². The van der Waals surface area contributed by atoms with Gasteiger partial charge in [-0.3, -0.25) is 0 Å². The van der Waals surface area contributed by atoms with E-state index in [1.54, 1.807) is 0 Å². The predicted octanol–water partition coefficient (Wildman–Crippen LogP) is 4.65. The third-order valence-electron chi connectivity index (χ3n) is 3.78. The van der Waals surface area contributed by atoms with E-state index in [2.05, 4.69) is 56.7 Å². The van der Waals surface area contributed by atoms with E-state index in [0.717, 1.165) is 28.7 Å². The summed E-state index contributed by atoms with van der Waals surface area (Å²) in [5, 5.41) is 6.68. The standard InChI is InChI=1S/C20H23N5/c1-14-6-5-7-17(12-14)24-20-13-19(21-15(2)22-20)23-16-8-10-18(11-9-16)25(3)4/h5-13H,1-4H3,(H2,21,22,23,24). The summed E-state index contributed by atoms with van der Waals surface area (Å²) >= 11 is 0. The second-order valence-corrected chi connectivity index (χ2v) is 6.25. The zero-order valence-corrected chi connectivity index (χ0v) is 15.0. The highest BCUT2D eigenvalue weighted by Crippen LogP contribution is 2.22. The van der Waals surface area contributed by atoms with Crippen molar-refractivity contribution in [1.29, 1.82) is 0 Å². The molecule has 2 aromatic carbocycles. The van der Waals surface area contributed by atoms with Gasteiger partial charge in [0.1, 0.15) is 17.5 Å². The third-order valence-corrected chi connectivity index (χ3v) is 3.78. The van der Waals surface area contributed by atoms with Gasteiger partial charge >= 0.3 is 0 Å². The van der Waals surface area contributed by atoms with Gasteiger partial charge in [0.15, 0.2) is 0 Å². The summed E-state index contributed by atoms with van der Waals surface area (Å²) in [5.41, 5.74) is 4.37. The molecule has 5 nitrogen and oxygen atoms in total. The first-order valence-electron chi connectivity index (χ1n) is 8.23. The normalized spacial score (nSPS) is 10.4. The quantitative estimate of drug-likeness (QED) is 0.712. The van der Waals surface area contributed by atoms with Gasteiger partial charge in [-0.15, -0.1) is 0 Å². The fraction of sp³-hybridized carbons (Fsp3) is 0.200. The molecule has 3 rings (SSSR count). The van der Waals surface area contributed by atoms with Crippen LogP contribution in [0.3, 0.4) is 0 Å². The van der Waals surface area contributed by atoms with Crippen molar-refractivity contribution in [3.8, 4) is 0 Å². The molecular formula is C20H23N5. The highest BCUT2D eigenvalue weighted by molar-refractivity contribution is 5.65. The van der Waals surface area contributed by atoms with Gasteiger partial charge in [0, 0.05) is 37.2 Å². The monoisotopic (exact) mass is 333 g/mol. The second-order valence-electron chi connectivity index (χ2n) is 6.25. The van der Waals surface area contributed by atoms with Crippen molar-refractivity contribution in [2.75, 3.05) is 29.6 Å². The van der Waals surface area contributed by atoms with Crippen LogP contribution in [0.2, 0.25) is 0 Å². The van der Waals surface area contributed by atoms with Crippen molar-refractivity contribution in [2.24, 2.45) is 0 Å². The van der Waals surface area contributed by atoms with Gasteiger partial charge in [-0.1, -0.05) is 12.1 Å². The summed E-state index contributed by atoms with van der Waals surface area (Å²) in [7, 11) is 4.05. The maximum absolute atomic E-state index is 4.47. The molecule has 0 saturated carbocycles. The van der Waals surface area contributed by atoms with E-state index < -0.39 is 0 Å². The Kier molecular flexibility index (Phi) is 4.84. The van der Waals surface area contributed by atoms with E-state index in [-0.39, 0.29) is 0 Å². The first-order chi connectivity index (χ1) is 12.0. The summed E-state index contributed by atoms with van der Waals surface area (Å²) < 4.78 is 0. The molecule has 0 fully saturated rings. The van der Waals surface area contributed by atoms with Crippen molar-refractivity contribution in [1.82, 2.24) is 9.97 Å². The SMILES string of the molecule is Cc1cccc(Nc2cc(Nc3ccc(N(C)C)cc3)nc(C)n2)c1. The first kappa shape index (κ1) is 16.8. The molecule has 0 bridgehead atoms. The first-order valence-corrected chi connectivity index (χ1v) is 8.23. The van der Waals surface area contributed by atoms with Crippen LogP contribution in [-0.4, -0.2) is 24.1 Å². The number of nitrogens with one attached hydrogen (secondary N) is 2. The number of benzene rings is 2. The minimum Gasteiger partial charge on any atom is -0.378 e. The van der Waals surface area contributed by atoms with Crippen molar-refractivity contribution in [2.45, 2.75) is 13.8 Å². The zero-order valence-electron chi connectivity index (χ0n) is 15.0. The molecule has 1 aromatic heterocycles. The molecule has 2 N–H and O–H groups in total. The number of hydrogen-bond acceptors (Lipinski definition) is 5. The average Bonchev–Trinajstić information content (AvgIpc) is 2.54. The maximum Gasteiger partial charge on any atom is 0.136 e. The molecule has 0 aliphatic heterocycles. The van der Waals surface area contributed by atoms with Crippen LogP contribution in [0.1, 0.15) is 11.4 Å². The lowest BCUT2D eigenvalue weighted by Crippen LogP contribution is -2.08. The fourth-order valence-electron chi connectivity index (χ4n) is 2.56. The van der Waals surface area contributed by atoms with E-state index in [0.29, 0.717) is 5.82 Å². The highest BCUT2D eigenvalue weighted by Gasteiger charge is 2.04. The average molecular weight is 333 g/mol. The van der Waals surface area contributed by atoms with Crippen molar-refractivity contribution in [3.05, 3.63) is 66.0 Å². The molecule has 5 heteroatoms. The van der Waals surface area contributed by atoms with Crippen LogP contribution in [0.5, 0.6) is 0 Å². The third kappa shape index (κ3) is 4.47. The number of rotatable bonds is 5. The van der Waals surface area contributed by atoms with Crippen LogP contribution < -0.4 is 15.5 Å². The predicted molar refractivity (Wildman–Crippen MR) is 105 cm³/mol. The van der Waals surface area contributed by atoms with Crippen LogP contribution in [0.25, 0.3) is 0 Å². The lowest BCUT2D eigenvalue weighted by atomic mass is 10.2. The molecule has 3 aromatic rings. The Morgan fingerprint density at radius 3 is 2.00 bits per heavy atom. The van der Waals surface area contributed by atoms with Crippen molar-refractivity contribution < 1.29 is 0 Å². The van der Waals surface area contributed by atoms with E-state index in [9.17, 15) is 0 Å². The molecular weight excluding hydrogens is 310 g/mol. The van der Waals surface area contributed by atoms with E-state index >= 15 is 0 Å². The molecule has 0 saturated heterocycles. The largest absolute Gasteiger partial charge is 0.378 e.